The van der Waals surface area contributed by atoms with Crippen LogP contribution in [0.2, 0.25) is 5.28 Å². The smallest absolute Gasteiger partial charge is 0.224 e. The number of hydrogen-bond acceptors (Lipinski definition) is 3. The molecule has 0 spiro atoms. The maximum absolute atomic E-state index is 5.80. The summed E-state index contributed by atoms with van der Waals surface area (Å²) < 4.78 is 0.865. The molecular weight excluding hydrogens is 302 g/mol. The summed E-state index contributed by atoms with van der Waals surface area (Å²) in [6, 6.07) is 0.428. The van der Waals surface area contributed by atoms with Crippen LogP contribution >= 0.6 is 27.5 Å². The second-order valence-corrected chi connectivity index (χ2v) is 5.86. The molecule has 94 valence electrons. The summed E-state index contributed by atoms with van der Waals surface area (Å²) in [6.07, 6.45) is 8.39. The van der Waals surface area contributed by atoms with Crippen molar-refractivity contribution in [2.24, 2.45) is 5.92 Å². The maximum atomic E-state index is 5.80. The Hall–Kier alpha value is -0.350. The lowest BCUT2D eigenvalue weighted by Gasteiger charge is -2.28. The monoisotopic (exact) mass is 317 g/mol. The van der Waals surface area contributed by atoms with Crippen LogP contribution in [0.5, 0.6) is 0 Å². The molecule has 1 heterocycles. The Kier molecular flexibility index (Phi) is 4.62. The summed E-state index contributed by atoms with van der Waals surface area (Å²) in [5, 5.41) is 3.72. The molecule has 1 fully saturated rings. The lowest BCUT2D eigenvalue weighted by Crippen LogP contribution is -2.28. The van der Waals surface area contributed by atoms with Crippen molar-refractivity contribution in [2.45, 2.75) is 45.1 Å². The van der Waals surface area contributed by atoms with E-state index in [9.17, 15) is 0 Å². The molecule has 1 atom stereocenters. The maximum Gasteiger partial charge on any atom is 0.224 e. The molecule has 0 bridgehead atoms. The highest BCUT2D eigenvalue weighted by Crippen LogP contribution is 2.29. The first kappa shape index (κ1) is 13.1. The van der Waals surface area contributed by atoms with Gasteiger partial charge in [-0.3, -0.25) is 0 Å². The van der Waals surface area contributed by atoms with Gasteiger partial charge < -0.3 is 5.32 Å². The van der Waals surface area contributed by atoms with Crippen LogP contribution in [-0.2, 0) is 0 Å². The van der Waals surface area contributed by atoms with Crippen LogP contribution in [-0.4, -0.2) is 16.0 Å². The molecule has 0 amide bonds. The fourth-order valence-corrected chi connectivity index (χ4v) is 2.85. The number of halogens is 2. The molecule has 1 aromatic heterocycles. The topological polar surface area (TPSA) is 37.8 Å². The van der Waals surface area contributed by atoms with Gasteiger partial charge >= 0.3 is 0 Å². The van der Waals surface area contributed by atoms with Gasteiger partial charge in [0.15, 0.2) is 0 Å². The van der Waals surface area contributed by atoms with Crippen LogP contribution in [0.1, 0.15) is 39.0 Å². The summed E-state index contributed by atoms with van der Waals surface area (Å²) in [7, 11) is 0. The quantitative estimate of drug-likeness (QED) is 0.846. The van der Waals surface area contributed by atoms with Crippen LogP contribution in [0.4, 0.5) is 5.82 Å². The summed E-state index contributed by atoms with van der Waals surface area (Å²) in [6.45, 7) is 2.22. The van der Waals surface area contributed by atoms with Gasteiger partial charge in [0.2, 0.25) is 5.28 Å². The lowest BCUT2D eigenvalue weighted by atomic mass is 9.84. The number of anilines is 1. The number of nitrogens with one attached hydrogen (secondary N) is 1. The van der Waals surface area contributed by atoms with Gasteiger partial charge in [-0.2, -0.15) is 4.98 Å². The van der Waals surface area contributed by atoms with Gasteiger partial charge in [0.1, 0.15) is 5.82 Å². The highest BCUT2D eigenvalue weighted by Gasteiger charge is 2.20. The third-order valence-corrected chi connectivity index (χ3v) is 4.20. The van der Waals surface area contributed by atoms with E-state index in [1.54, 1.807) is 6.20 Å². The Bertz CT molecular complexity index is 380. The van der Waals surface area contributed by atoms with Gasteiger partial charge in [-0.05, 0) is 53.2 Å². The molecular formula is C12H17BrClN3. The highest BCUT2D eigenvalue weighted by atomic mass is 79.9. The van der Waals surface area contributed by atoms with Gasteiger partial charge in [0, 0.05) is 12.2 Å². The normalized spacial score (nSPS) is 19.0. The zero-order valence-electron chi connectivity index (χ0n) is 9.92. The van der Waals surface area contributed by atoms with Crippen molar-refractivity contribution >= 4 is 33.3 Å². The van der Waals surface area contributed by atoms with E-state index in [4.69, 9.17) is 11.6 Å². The first-order valence-corrected chi connectivity index (χ1v) is 7.28. The second-order valence-electron chi connectivity index (χ2n) is 4.67. The summed E-state index contributed by atoms with van der Waals surface area (Å²) in [5.41, 5.74) is 0. The first-order chi connectivity index (χ1) is 8.16. The van der Waals surface area contributed by atoms with Crippen LogP contribution < -0.4 is 5.32 Å². The van der Waals surface area contributed by atoms with Crippen molar-refractivity contribution in [3.8, 4) is 0 Å². The lowest BCUT2D eigenvalue weighted by molar-refractivity contribution is 0.328. The molecule has 17 heavy (non-hydrogen) atoms. The average molecular weight is 319 g/mol. The van der Waals surface area contributed by atoms with E-state index in [1.807, 2.05) is 0 Å². The van der Waals surface area contributed by atoms with E-state index in [2.05, 4.69) is 38.1 Å². The van der Waals surface area contributed by atoms with Crippen molar-refractivity contribution in [1.29, 1.82) is 0 Å². The molecule has 1 aromatic rings. The van der Waals surface area contributed by atoms with Gasteiger partial charge in [-0.25, -0.2) is 4.98 Å². The molecule has 5 heteroatoms. The molecule has 1 aliphatic carbocycles. The molecule has 1 aliphatic rings. The van der Waals surface area contributed by atoms with Crippen molar-refractivity contribution in [2.75, 3.05) is 5.32 Å². The number of nitrogens with zero attached hydrogens (tertiary/aromatic N) is 2. The van der Waals surface area contributed by atoms with Crippen LogP contribution in [0.3, 0.4) is 0 Å². The molecule has 2 rings (SSSR count). The Morgan fingerprint density at radius 3 is 2.82 bits per heavy atom. The van der Waals surface area contributed by atoms with Gasteiger partial charge in [-0.1, -0.05) is 19.3 Å². The van der Waals surface area contributed by atoms with Gasteiger partial charge in [-0.15, -0.1) is 0 Å². The van der Waals surface area contributed by atoms with Crippen molar-refractivity contribution in [1.82, 2.24) is 9.97 Å². The van der Waals surface area contributed by atoms with Gasteiger partial charge in [0.05, 0.1) is 4.47 Å². The van der Waals surface area contributed by atoms with Crippen LogP contribution in [0.15, 0.2) is 10.7 Å². The van der Waals surface area contributed by atoms with Crippen molar-refractivity contribution in [3.63, 3.8) is 0 Å². The van der Waals surface area contributed by atoms with E-state index < -0.39 is 0 Å². The summed E-state index contributed by atoms with van der Waals surface area (Å²) >= 11 is 9.24. The number of rotatable bonds is 3. The Balaban J connectivity index is 2.01. The zero-order valence-corrected chi connectivity index (χ0v) is 12.3. The third kappa shape index (κ3) is 3.55. The van der Waals surface area contributed by atoms with Gasteiger partial charge in [0.25, 0.3) is 0 Å². The molecule has 1 unspecified atom stereocenters. The van der Waals surface area contributed by atoms with E-state index >= 15 is 0 Å². The van der Waals surface area contributed by atoms with Crippen molar-refractivity contribution < 1.29 is 0 Å². The Labute approximate surface area is 116 Å². The van der Waals surface area contributed by atoms with E-state index in [-0.39, 0.29) is 5.28 Å². The number of aromatic nitrogens is 2. The molecule has 3 nitrogen and oxygen atoms in total. The fourth-order valence-electron chi connectivity index (χ4n) is 2.41. The molecule has 1 N–H and O–H groups in total. The fraction of sp³-hybridized carbons (Fsp3) is 0.667. The highest BCUT2D eigenvalue weighted by molar-refractivity contribution is 9.10. The third-order valence-electron chi connectivity index (χ3n) is 3.44. The standard InChI is InChI=1S/C12H17BrClN3/c1-8(9-5-3-2-4-6-9)16-11-10(13)7-15-12(14)17-11/h7-9H,2-6H2,1H3,(H,15,16,17). The zero-order chi connectivity index (χ0) is 12.3. The predicted molar refractivity (Wildman–Crippen MR) is 74.4 cm³/mol. The first-order valence-electron chi connectivity index (χ1n) is 6.11. The van der Waals surface area contributed by atoms with Crippen molar-refractivity contribution in [3.05, 3.63) is 16.0 Å². The average Bonchev–Trinajstić information content (AvgIpc) is 2.35. The predicted octanol–water partition coefficient (Wildman–Crippen LogP) is 4.27. The Morgan fingerprint density at radius 1 is 1.41 bits per heavy atom. The molecule has 1 saturated carbocycles. The molecule has 0 saturated heterocycles. The van der Waals surface area contributed by atoms with Crippen LogP contribution in [0.25, 0.3) is 0 Å². The summed E-state index contributed by atoms with van der Waals surface area (Å²) in [5.74, 6) is 1.53. The van der Waals surface area contributed by atoms with E-state index in [0.717, 1.165) is 16.2 Å². The SMILES string of the molecule is CC(Nc1nc(Cl)ncc1Br)C1CCCCC1. The second kappa shape index (κ2) is 6.01. The minimum Gasteiger partial charge on any atom is -0.366 e. The Morgan fingerprint density at radius 2 is 2.12 bits per heavy atom. The minimum absolute atomic E-state index is 0.284. The largest absolute Gasteiger partial charge is 0.366 e. The molecule has 0 radical (unpaired) electrons. The van der Waals surface area contributed by atoms with E-state index in [0.29, 0.717) is 6.04 Å². The number of hydrogen-bond donors (Lipinski definition) is 1. The van der Waals surface area contributed by atoms with Crippen LogP contribution in [0, 0.1) is 5.92 Å². The molecule has 0 aliphatic heterocycles. The molecule has 0 aromatic carbocycles. The summed E-state index contributed by atoms with van der Waals surface area (Å²) in [4.78, 5) is 8.13. The minimum atomic E-state index is 0.284. The van der Waals surface area contributed by atoms with E-state index in [1.165, 1.54) is 32.1 Å².